The minimum absolute atomic E-state index is 0.437. The second-order valence-electron chi connectivity index (χ2n) is 8.09. The maximum atomic E-state index is 4.15. The van der Waals surface area contributed by atoms with Crippen molar-refractivity contribution in [2.75, 3.05) is 0 Å². The van der Waals surface area contributed by atoms with E-state index in [-0.39, 0.29) is 0 Å². The molecule has 1 nitrogen and oxygen atoms in total. The average molecular weight is 235 g/mol. The van der Waals surface area contributed by atoms with Gasteiger partial charge < -0.3 is 5.32 Å². The zero-order valence-electron chi connectivity index (χ0n) is 12.0. The Bertz CT molecular complexity index is 323. The molecule has 2 bridgehead atoms. The van der Waals surface area contributed by atoms with Crippen LogP contribution in [0.5, 0.6) is 0 Å². The van der Waals surface area contributed by atoms with Crippen LogP contribution in [0, 0.1) is 42.1 Å². The zero-order chi connectivity index (χ0) is 12.4. The summed E-state index contributed by atoms with van der Waals surface area (Å²) in [5.74, 6) is 4.80. The Kier molecular flexibility index (Phi) is 2.47. The molecule has 3 saturated carbocycles. The van der Waals surface area contributed by atoms with E-state index in [1.165, 1.54) is 25.7 Å². The van der Waals surface area contributed by atoms with Crippen molar-refractivity contribution in [3.05, 3.63) is 7.05 Å². The molecule has 0 aromatic carbocycles. The molecule has 3 aliphatic carbocycles. The molecule has 3 fully saturated rings. The highest BCUT2D eigenvalue weighted by Gasteiger charge is 2.63. The van der Waals surface area contributed by atoms with E-state index in [1.54, 1.807) is 0 Å². The SMILES string of the molecule is [CH2-][NH2+]C1(C)CC2C(C(C)C)CC3(C)CC1CC23. The molecule has 2 N–H and O–H groups in total. The van der Waals surface area contributed by atoms with Crippen molar-refractivity contribution in [1.29, 1.82) is 0 Å². The number of hydrogen-bond donors (Lipinski definition) is 1. The Morgan fingerprint density at radius 1 is 1.18 bits per heavy atom. The average Bonchev–Trinajstić information content (AvgIpc) is 2.69. The van der Waals surface area contributed by atoms with Crippen LogP contribution >= 0.6 is 0 Å². The van der Waals surface area contributed by atoms with Crippen molar-refractivity contribution in [1.82, 2.24) is 0 Å². The first-order valence-corrected chi connectivity index (χ1v) is 7.53. The number of nitrogens with two attached hydrogens (primary N) is 1. The molecule has 6 atom stereocenters. The van der Waals surface area contributed by atoms with Crippen LogP contribution < -0.4 is 5.32 Å². The maximum absolute atomic E-state index is 4.15. The van der Waals surface area contributed by atoms with Crippen molar-refractivity contribution in [3.8, 4) is 0 Å². The lowest BCUT2D eigenvalue weighted by molar-refractivity contribution is -0.685. The minimum atomic E-state index is 0.437. The van der Waals surface area contributed by atoms with Gasteiger partial charge in [0.05, 0.1) is 5.54 Å². The summed E-state index contributed by atoms with van der Waals surface area (Å²) < 4.78 is 0. The molecule has 0 aromatic rings. The molecular formula is C16H29N. The predicted octanol–water partition coefficient (Wildman–Crippen LogP) is 2.83. The molecule has 3 rings (SSSR count). The summed E-state index contributed by atoms with van der Waals surface area (Å²) in [5, 5.41) is 2.29. The fourth-order valence-corrected chi connectivity index (χ4v) is 5.75. The molecule has 0 spiro atoms. The van der Waals surface area contributed by atoms with Gasteiger partial charge >= 0.3 is 0 Å². The van der Waals surface area contributed by atoms with E-state index in [9.17, 15) is 0 Å². The van der Waals surface area contributed by atoms with Crippen LogP contribution in [-0.2, 0) is 0 Å². The summed E-state index contributed by atoms with van der Waals surface area (Å²) in [7, 11) is 4.15. The zero-order valence-corrected chi connectivity index (χ0v) is 12.0. The minimum Gasteiger partial charge on any atom is -0.474 e. The third-order valence-electron chi connectivity index (χ3n) is 6.85. The normalized spacial score (nSPS) is 56.8. The van der Waals surface area contributed by atoms with Crippen LogP contribution in [-0.4, -0.2) is 5.54 Å². The monoisotopic (exact) mass is 235 g/mol. The standard InChI is InChI=1S/C16H29N/c1-10(2)12-8-15(3)7-11-6-14(15)13(12)9-16(11,4)17-5/h10-14H,5-9,17H2,1-4H3. The first-order valence-electron chi connectivity index (χ1n) is 7.53. The Morgan fingerprint density at radius 3 is 2.47 bits per heavy atom. The summed E-state index contributed by atoms with van der Waals surface area (Å²) in [5.41, 5.74) is 1.11. The van der Waals surface area contributed by atoms with Gasteiger partial charge in [0.2, 0.25) is 0 Å². The van der Waals surface area contributed by atoms with Gasteiger partial charge in [-0.25, -0.2) is 0 Å². The Labute approximate surface area is 107 Å². The maximum Gasteiger partial charge on any atom is 0.0726 e. The lowest BCUT2D eigenvalue weighted by Crippen LogP contribution is -2.93. The summed E-state index contributed by atoms with van der Waals surface area (Å²) >= 11 is 0. The molecule has 0 amide bonds. The first kappa shape index (κ1) is 12.0. The number of quaternary nitrogens is 1. The van der Waals surface area contributed by atoms with Gasteiger partial charge in [0.25, 0.3) is 0 Å². The van der Waals surface area contributed by atoms with Crippen molar-refractivity contribution in [2.24, 2.45) is 35.0 Å². The van der Waals surface area contributed by atoms with Crippen LogP contribution in [0.3, 0.4) is 0 Å². The smallest absolute Gasteiger partial charge is 0.0726 e. The van der Waals surface area contributed by atoms with Crippen LogP contribution in [0.4, 0.5) is 0 Å². The molecule has 0 radical (unpaired) electrons. The Balaban J connectivity index is 1.95. The van der Waals surface area contributed by atoms with Crippen LogP contribution in [0.1, 0.15) is 53.4 Å². The molecule has 3 aliphatic rings. The lowest BCUT2D eigenvalue weighted by Gasteiger charge is -2.44. The van der Waals surface area contributed by atoms with Crippen LogP contribution in [0.25, 0.3) is 0 Å². The van der Waals surface area contributed by atoms with E-state index >= 15 is 0 Å². The van der Waals surface area contributed by atoms with E-state index in [1.807, 2.05) is 0 Å². The molecule has 0 aromatic heterocycles. The second-order valence-corrected chi connectivity index (χ2v) is 8.09. The summed E-state index contributed by atoms with van der Waals surface area (Å²) in [6.07, 6.45) is 5.89. The van der Waals surface area contributed by atoms with Crippen molar-refractivity contribution in [3.63, 3.8) is 0 Å². The molecule has 0 heterocycles. The summed E-state index contributed by atoms with van der Waals surface area (Å²) in [4.78, 5) is 0. The van der Waals surface area contributed by atoms with Gasteiger partial charge in [-0.15, -0.1) is 0 Å². The van der Waals surface area contributed by atoms with Gasteiger partial charge in [-0.3, -0.25) is 0 Å². The Morgan fingerprint density at radius 2 is 1.88 bits per heavy atom. The summed E-state index contributed by atoms with van der Waals surface area (Å²) in [6.45, 7) is 9.93. The highest BCUT2D eigenvalue weighted by atomic mass is 15.0. The fraction of sp³-hybridized carbons (Fsp3) is 0.938. The van der Waals surface area contributed by atoms with Gasteiger partial charge in [-0.2, -0.15) is 7.05 Å². The quantitative estimate of drug-likeness (QED) is 0.709. The molecule has 0 aliphatic heterocycles. The van der Waals surface area contributed by atoms with Gasteiger partial charge in [-0.1, -0.05) is 20.8 Å². The molecule has 6 unspecified atom stereocenters. The van der Waals surface area contributed by atoms with E-state index in [0.29, 0.717) is 11.0 Å². The first-order chi connectivity index (χ1) is 7.89. The molecule has 0 saturated heterocycles. The third kappa shape index (κ3) is 1.47. The van der Waals surface area contributed by atoms with Crippen LogP contribution in [0.15, 0.2) is 0 Å². The van der Waals surface area contributed by atoms with Crippen LogP contribution in [0.2, 0.25) is 0 Å². The number of rotatable bonds is 2. The van der Waals surface area contributed by atoms with Gasteiger partial charge in [-0.05, 0) is 55.3 Å². The number of fused-ring (bicyclic) bond motifs is 1. The fourth-order valence-electron chi connectivity index (χ4n) is 5.75. The molecule has 17 heavy (non-hydrogen) atoms. The van der Waals surface area contributed by atoms with Gasteiger partial charge in [0, 0.05) is 12.3 Å². The highest BCUT2D eigenvalue weighted by molar-refractivity contribution is 5.12. The lowest BCUT2D eigenvalue weighted by atomic mass is 9.65. The van der Waals surface area contributed by atoms with E-state index in [2.05, 4.69) is 40.1 Å². The van der Waals surface area contributed by atoms with Gasteiger partial charge in [0.15, 0.2) is 0 Å². The Hall–Kier alpha value is -0.0400. The highest BCUT2D eigenvalue weighted by Crippen LogP contribution is 2.67. The number of hydrogen-bond acceptors (Lipinski definition) is 0. The van der Waals surface area contributed by atoms with E-state index in [0.717, 1.165) is 29.6 Å². The van der Waals surface area contributed by atoms with Crippen molar-refractivity contribution in [2.45, 2.75) is 58.9 Å². The molecule has 98 valence electrons. The summed E-state index contributed by atoms with van der Waals surface area (Å²) in [6, 6.07) is 0. The molecule has 1 heteroatoms. The van der Waals surface area contributed by atoms with Crippen molar-refractivity contribution < 1.29 is 5.32 Å². The largest absolute Gasteiger partial charge is 0.474 e. The predicted molar refractivity (Wildman–Crippen MR) is 71.1 cm³/mol. The van der Waals surface area contributed by atoms with E-state index < -0.39 is 0 Å². The third-order valence-corrected chi connectivity index (χ3v) is 6.85. The van der Waals surface area contributed by atoms with Crippen molar-refractivity contribution >= 4 is 0 Å². The van der Waals surface area contributed by atoms with E-state index in [4.69, 9.17) is 0 Å². The molecular weight excluding hydrogens is 206 g/mol. The van der Waals surface area contributed by atoms with Gasteiger partial charge in [0.1, 0.15) is 0 Å². The second kappa shape index (κ2) is 3.50. The topological polar surface area (TPSA) is 16.6 Å².